The zero-order valence-corrected chi connectivity index (χ0v) is 14.8. The highest BCUT2D eigenvalue weighted by molar-refractivity contribution is 7.99. The minimum Gasteiger partial charge on any atom is -0.338 e. The van der Waals surface area contributed by atoms with Gasteiger partial charge in [0.2, 0.25) is 11.1 Å². The quantitative estimate of drug-likeness (QED) is 0.755. The molecule has 0 aliphatic rings. The summed E-state index contributed by atoms with van der Waals surface area (Å²) >= 11 is 7.07. The first-order valence-corrected chi connectivity index (χ1v) is 8.57. The highest BCUT2D eigenvalue weighted by Gasteiger charge is 2.13. The average molecular weight is 369 g/mol. The fourth-order valence-electron chi connectivity index (χ4n) is 1.67. The number of hydrogen-bond acceptors (Lipinski definition) is 6. The van der Waals surface area contributed by atoms with E-state index in [2.05, 4.69) is 26.2 Å². The molecule has 2 aromatic rings. The Balaban J connectivity index is 1.90. The third kappa shape index (κ3) is 5.50. The third-order valence-corrected chi connectivity index (χ3v) is 3.90. The number of hydrogen-bond donors (Lipinski definition) is 2. The average Bonchev–Trinajstić information content (AvgIpc) is 2.99. The number of aromatic nitrogens is 4. The lowest BCUT2D eigenvalue weighted by Gasteiger charge is -2.08. The van der Waals surface area contributed by atoms with Crippen molar-refractivity contribution in [2.75, 3.05) is 12.3 Å². The smallest absolute Gasteiger partial charge is 0.321 e. The minimum atomic E-state index is -0.510. The number of halogens is 1. The van der Waals surface area contributed by atoms with Crippen molar-refractivity contribution in [3.8, 4) is 5.69 Å². The molecule has 0 saturated carbocycles. The molecule has 0 unspecified atom stereocenters. The first kappa shape index (κ1) is 18.2. The van der Waals surface area contributed by atoms with E-state index in [9.17, 15) is 9.59 Å². The first-order chi connectivity index (χ1) is 11.5. The van der Waals surface area contributed by atoms with Crippen molar-refractivity contribution < 1.29 is 9.59 Å². The molecule has 24 heavy (non-hydrogen) atoms. The number of amides is 3. The number of nitrogens with zero attached hydrogens (tertiary/aromatic N) is 4. The monoisotopic (exact) mass is 368 g/mol. The molecule has 1 heterocycles. The van der Waals surface area contributed by atoms with Gasteiger partial charge in [-0.05, 0) is 34.5 Å². The molecule has 128 valence electrons. The van der Waals surface area contributed by atoms with Gasteiger partial charge in [-0.15, -0.1) is 5.10 Å². The van der Waals surface area contributed by atoms with Gasteiger partial charge >= 0.3 is 6.03 Å². The van der Waals surface area contributed by atoms with Gasteiger partial charge in [0.25, 0.3) is 0 Å². The molecule has 0 aliphatic carbocycles. The molecule has 0 atom stereocenters. The Bertz CT molecular complexity index is 721. The van der Waals surface area contributed by atoms with E-state index >= 15 is 0 Å². The largest absolute Gasteiger partial charge is 0.338 e. The van der Waals surface area contributed by atoms with E-state index in [4.69, 9.17) is 11.6 Å². The van der Waals surface area contributed by atoms with Crippen molar-refractivity contribution in [1.29, 1.82) is 0 Å². The van der Waals surface area contributed by atoms with Gasteiger partial charge in [-0.1, -0.05) is 43.3 Å². The van der Waals surface area contributed by atoms with Crippen molar-refractivity contribution in [2.45, 2.75) is 19.0 Å². The van der Waals surface area contributed by atoms with Crippen LogP contribution in [0, 0.1) is 5.92 Å². The topological polar surface area (TPSA) is 102 Å². The van der Waals surface area contributed by atoms with Crippen LogP contribution in [0.25, 0.3) is 5.69 Å². The highest BCUT2D eigenvalue weighted by Crippen LogP contribution is 2.20. The molecule has 2 rings (SSSR count). The SMILES string of the molecule is CC(C)CNC(=O)NC(=O)CSc1nnnn1-c1cccc(Cl)c1. The first-order valence-electron chi connectivity index (χ1n) is 7.20. The summed E-state index contributed by atoms with van der Waals surface area (Å²) < 4.78 is 1.47. The number of urea groups is 1. The minimum absolute atomic E-state index is 0.00996. The summed E-state index contributed by atoms with van der Waals surface area (Å²) in [4.78, 5) is 23.3. The van der Waals surface area contributed by atoms with Gasteiger partial charge < -0.3 is 5.32 Å². The van der Waals surface area contributed by atoms with Crippen molar-refractivity contribution in [3.05, 3.63) is 29.3 Å². The summed E-state index contributed by atoms with van der Waals surface area (Å²) in [6.07, 6.45) is 0. The van der Waals surface area contributed by atoms with Gasteiger partial charge in [0, 0.05) is 11.6 Å². The summed E-state index contributed by atoms with van der Waals surface area (Å²) in [6.45, 7) is 4.43. The molecule has 10 heteroatoms. The van der Waals surface area contributed by atoms with Crippen LogP contribution in [-0.4, -0.2) is 44.4 Å². The predicted octanol–water partition coefficient (Wildman–Crippen LogP) is 1.89. The van der Waals surface area contributed by atoms with Crippen LogP contribution < -0.4 is 10.6 Å². The Hall–Kier alpha value is -2.13. The van der Waals surface area contributed by atoms with Gasteiger partial charge in [-0.3, -0.25) is 10.1 Å². The van der Waals surface area contributed by atoms with E-state index in [1.54, 1.807) is 24.3 Å². The number of tetrazole rings is 1. The summed E-state index contributed by atoms with van der Waals surface area (Å²) in [7, 11) is 0. The normalized spacial score (nSPS) is 10.7. The maximum Gasteiger partial charge on any atom is 0.321 e. The zero-order valence-electron chi connectivity index (χ0n) is 13.2. The lowest BCUT2D eigenvalue weighted by atomic mass is 10.2. The van der Waals surface area contributed by atoms with E-state index in [0.29, 0.717) is 28.3 Å². The van der Waals surface area contributed by atoms with Crippen molar-refractivity contribution in [2.24, 2.45) is 5.92 Å². The maximum atomic E-state index is 11.8. The number of nitrogens with one attached hydrogen (secondary N) is 2. The Kier molecular flexibility index (Phi) is 6.56. The second-order valence-corrected chi connectivity index (χ2v) is 6.67. The lowest BCUT2D eigenvalue weighted by molar-refractivity contribution is -0.117. The Morgan fingerprint density at radius 3 is 2.88 bits per heavy atom. The molecule has 0 aliphatic heterocycles. The van der Waals surface area contributed by atoms with E-state index in [1.807, 2.05) is 13.8 Å². The molecule has 0 radical (unpaired) electrons. The Morgan fingerprint density at radius 1 is 1.38 bits per heavy atom. The van der Waals surface area contributed by atoms with E-state index in [-0.39, 0.29) is 5.75 Å². The molecular weight excluding hydrogens is 352 g/mol. The molecule has 8 nitrogen and oxygen atoms in total. The summed E-state index contributed by atoms with van der Waals surface area (Å²) in [6, 6.07) is 6.52. The van der Waals surface area contributed by atoms with Gasteiger partial charge in [0.1, 0.15) is 0 Å². The molecule has 0 saturated heterocycles. The van der Waals surface area contributed by atoms with Crippen LogP contribution in [0.1, 0.15) is 13.8 Å². The summed E-state index contributed by atoms with van der Waals surface area (Å²) in [5, 5.41) is 17.2. The van der Waals surface area contributed by atoms with E-state index in [0.717, 1.165) is 11.8 Å². The van der Waals surface area contributed by atoms with Crippen LogP contribution in [0.3, 0.4) is 0 Å². The molecule has 2 N–H and O–H groups in total. The van der Waals surface area contributed by atoms with Crippen molar-refractivity contribution in [3.63, 3.8) is 0 Å². The van der Waals surface area contributed by atoms with Crippen LogP contribution >= 0.6 is 23.4 Å². The summed E-state index contributed by atoms with van der Waals surface area (Å²) in [5.74, 6) is -0.111. The molecule has 1 aromatic carbocycles. The van der Waals surface area contributed by atoms with Gasteiger partial charge in [-0.2, -0.15) is 4.68 Å². The molecular formula is C14H17ClN6O2S. The third-order valence-electron chi connectivity index (χ3n) is 2.75. The fourth-order valence-corrected chi connectivity index (χ4v) is 2.55. The molecule has 0 fully saturated rings. The van der Waals surface area contributed by atoms with E-state index in [1.165, 1.54) is 4.68 Å². The molecule has 0 spiro atoms. The van der Waals surface area contributed by atoms with Crippen LogP contribution in [0.5, 0.6) is 0 Å². The van der Waals surface area contributed by atoms with Crippen LogP contribution in [0.2, 0.25) is 5.02 Å². The van der Waals surface area contributed by atoms with Crippen molar-refractivity contribution in [1.82, 2.24) is 30.8 Å². The Labute approximate surface area is 148 Å². The number of carbonyl (C=O) groups excluding carboxylic acids is 2. The fraction of sp³-hybridized carbons (Fsp3) is 0.357. The van der Waals surface area contributed by atoms with Crippen LogP contribution in [0.4, 0.5) is 4.79 Å². The van der Waals surface area contributed by atoms with Gasteiger partial charge in [-0.25, -0.2) is 4.79 Å². The number of imide groups is 1. The van der Waals surface area contributed by atoms with Crippen LogP contribution in [0.15, 0.2) is 29.4 Å². The second kappa shape index (κ2) is 8.65. The number of thioether (sulfide) groups is 1. The Morgan fingerprint density at radius 2 is 2.17 bits per heavy atom. The molecule has 3 amide bonds. The lowest BCUT2D eigenvalue weighted by Crippen LogP contribution is -2.41. The van der Waals surface area contributed by atoms with Gasteiger partial charge in [0.05, 0.1) is 11.4 Å². The standard InChI is InChI=1S/C14H17ClN6O2S/c1-9(2)7-16-13(23)17-12(22)8-24-14-18-19-20-21(14)11-5-3-4-10(15)6-11/h3-6,9H,7-8H2,1-2H3,(H2,16,17,22,23). The second-order valence-electron chi connectivity index (χ2n) is 5.29. The van der Waals surface area contributed by atoms with Crippen molar-refractivity contribution >= 4 is 35.3 Å². The zero-order chi connectivity index (χ0) is 17.5. The summed E-state index contributed by atoms with van der Waals surface area (Å²) in [5.41, 5.74) is 0.685. The van der Waals surface area contributed by atoms with Gasteiger partial charge in [0.15, 0.2) is 0 Å². The highest BCUT2D eigenvalue weighted by atomic mass is 35.5. The predicted molar refractivity (Wildman–Crippen MR) is 91.3 cm³/mol. The number of benzene rings is 1. The molecule has 0 bridgehead atoms. The van der Waals surface area contributed by atoms with Crippen LogP contribution in [-0.2, 0) is 4.79 Å². The molecule has 1 aromatic heterocycles. The maximum absolute atomic E-state index is 11.8. The number of carbonyl (C=O) groups is 2. The number of rotatable bonds is 6. The van der Waals surface area contributed by atoms with E-state index < -0.39 is 11.9 Å².